The first-order valence-electron chi connectivity index (χ1n) is 5.69. The van der Waals surface area contributed by atoms with Crippen LogP contribution in [0.25, 0.3) is 0 Å². The van der Waals surface area contributed by atoms with Crippen LogP contribution in [-0.2, 0) is 11.3 Å². The Balaban J connectivity index is 2.06. The molecule has 16 heavy (non-hydrogen) atoms. The Kier molecular flexibility index (Phi) is 6.72. The zero-order valence-corrected chi connectivity index (χ0v) is 9.72. The van der Waals surface area contributed by atoms with E-state index in [1.807, 2.05) is 25.1 Å². The van der Waals surface area contributed by atoms with Crippen molar-refractivity contribution in [2.45, 2.75) is 26.0 Å². The lowest BCUT2D eigenvalue weighted by Crippen LogP contribution is -2.30. The van der Waals surface area contributed by atoms with Gasteiger partial charge in [0, 0.05) is 25.9 Å². The van der Waals surface area contributed by atoms with Gasteiger partial charge in [-0.2, -0.15) is 0 Å². The molecule has 4 nitrogen and oxygen atoms in total. The number of ether oxygens (including phenoxy) is 1. The average molecular weight is 224 g/mol. The van der Waals surface area contributed by atoms with Crippen molar-refractivity contribution in [3.63, 3.8) is 0 Å². The molecule has 0 fully saturated rings. The van der Waals surface area contributed by atoms with Gasteiger partial charge in [-0.25, -0.2) is 0 Å². The predicted molar refractivity (Wildman–Crippen MR) is 63.1 cm³/mol. The molecule has 0 saturated carbocycles. The van der Waals surface area contributed by atoms with Crippen molar-refractivity contribution in [3.05, 3.63) is 30.1 Å². The molecule has 90 valence electrons. The molecule has 0 saturated heterocycles. The summed E-state index contributed by atoms with van der Waals surface area (Å²) in [6, 6.07) is 5.79. The first-order valence-corrected chi connectivity index (χ1v) is 5.69. The summed E-state index contributed by atoms with van der Waals surface area (Å²) in [5.41, 5.74) is 0.976. The molecular formula is C12H20N2O2. The Morgan fingerprint density at radius 3 is 3.06 bits per heavy atom. The van der Waals surface area contributed by atoms with Gasteiger partial charge in [-0.1, -0.05) is 13.0 Å². The number of hydrogen-bond acceptors (Lipinski definition) is 4. The van der Waals surface area contributed by atoms with Gasteiger partial charge in [-0.05, 0) is 18.6 Å². The molecule has 1 atom stereocenters. The summed E-state index contributed by atoms with van der Waals surface area (Å²) < 4.78 is 5.24. The second kappa shape index (κ2) is 8.21. The summed E-state index contributed by atoms with van der Waals surface area (Å²) in [5, 5.41) is 12.7. The van der Waals surface area contributed by atoms with E-state index in [9.17, 15) is 5.11 Å². The van der Waals surface area contributed by atoms with Crippen molar-refractivity contribution < 1.29 is 9.84 Å². The Hall–Kier alpha value is -0.970. The van der Waals surface area contributed by atoms with Crippen molar-refractivity contribution in [2.24, 2.45) is 0 Å². The first-order chi connectivity index (χ1) is 7.83. The highest BCUT2D eigenvalue weighted by Crippen LogP contribution is 1.92. The molecule has 0 radical (unpaired) electrons. The zero-order valence-electron chi connectivity index (χ0n) is 9.72. The lowest BCUT2D eigenvalue weighted by atomic mass is 10.3. The molecule has 0 aromatic carbocycles. The fraction of sp³-hybridized carbons (Fsp3) is 0.583. The lowest BCUT2D eigenvalue weighted by molar-refractivity contribution is 0.0372. The molecule has 0 aliphatic carbocycles. The van der Waals surface area contributed by atoms with Gasteiger partial charge in [0.1, 0.15) is 0 Å². The highest BCUT2D eigenvalue weighted by molar-refractivity contribution is 5.02. The molecule has 2 N–H and O–H groups in total. The molecule has 1 heterocycles. The SMILES string of the molecule is CCCOCC(O)CNCc1ccccn1. The van der Waals surface area contributed by atoms with Crippen molar-refractivity contribution in [3.8, 4) is 0 Å². The summed E-state index contributed by atoms with van der Waals surface area (Å²) in [4.78, 5) is 4.18. The second-order valence-corrected chi connectivity index (χ2v) is 3.68. The van der Waals surface area contributed by atoms with Gasteiger partial charge in [0.15, 0.2) is 0 Å². The van der Waals surface area contributed by atoms with Crippen LogP contribution in [-0.4, -0.2) is 36.0 Å². The van der Waals surface area contributed by atoms with Crippen LogP contribution in [0.1, 0.15) is 19.0 Å². The zero-order chi connectivity index (χ0) is 11.6. The third-order valence-corrected chi connectivity index (χ3v) is 2.07. The lowest BCUT2D eigenvalue weighted by Gasteiger charge is -2.11. The third kappa shape index (κ3) is 5.80. The molecule has 0 aliphatic rings. The van der Waals surface area contributed by atoms with E-state index < -0.39 is 6.10 Å². The van der Waals surface area contributed by atoms with Crippen LogP contribution < -0.4 is 5.32 Å². The largest absolute Gasteiger partial charge is 0.389 e. The fourth-order valence-electron chi connectivity index (χ4n) is 1.29. The maximum Gasteiger partial charge on any atom is 0.0897 e. The normalized spacial score (nSPS) is 12.6. The number of rotatable bonds is 8. The van der Waals surface area contributed by atoms with E-state index in [4.69, 9.17) is 4.74 Å². The Morgan fingerprint density at radius 2 is 2.38 bits per heavy atom. The van der Waals surface area contributed by atoms with E-state index in [1.54, 1.807) is 6.20 Å². The topological polar surface area (TPSA) is 54.4 Å². The van der Waals surface area contributed by atoms with E-state index in [0.29, 0.717) is 26.3 Å². The van der Waals surface area contributed by atoms with E-state index in [-0.39, 0.29) is 0 Å². The van der Waals surface area contributed by atoms with Crippen molar-refractivity contribution in [1.82, 2.24) is 10.3 Å². The van der Waals surface area contributed by atoms with Crippen molar-refractivity contribution in [2.75, 3.05) is 19.8 Å². The van der Waals surface area contributed by atoms with Gasteiger partial charge in [0.05, 0.1) is 18.4 Å². The molecule has 0 aliphatic heterocycles. The van der Waals surface area contributed by atoms with Crippen LogP contribution in [0.4, 0.5) is 0 Å². The quantitative estimate of drug-likeness (QED) is 0.646. The summed E-state index contributed by atoms with van der Waals surface area (Å²) in [7, 11) is 0. The van der Waals surface area contributed by atoms with Crippen LogP contribution in [0.5, 0.6) is 0 Å². The van der Waals surface area contributed by atoms with Gasteiger partial charge in [0.25, 0.3) is 0 Å². The number of nitrogens with zero attached hydrogens (tertiary/aromatic N) is 1. The van der Waals surface area contributed by atoms with Gasteiger partial charge in [-0.15, -0.1) is 0 Å². The van der Waals surface area contributed by atoms with Crippen molar-refractivity contribution >= 4 is 0 Å². The smallest absolute Gasteiger partial charge is 0.0897 e. The van der Waals surface area contributed by atoms with Crippen LogP contribution >= 0.6 is 0 Å². The fourth-order valence-corrected chi connectivity index (χ4v) is 1.29. The molecule has 1 unspecified atom stereocenters. The second-order valence-electron chi connectivity index (χ2n) is 3.68. The average Bonchev–Trinajstić information content (AvgIpc) is 2.31. The Bertz CT molecular complexity index is 267. The number of pyridine rings is 1. The predicted octanol–water partition coefficient (Wildman–Crippen LogP) is 0.959. The molecule has 1 rings (SSSR count). The number of aromatic nitrogens is 1. The molecule has 0 amide bonds. The Labute approximate surface area is 96.7 Å². The van der Waals surface area contributed by atoms with Gasteiger partial charge in [-0.3, -0.25) is 4.98 Å². The molecule has 0 bridgehead atoms. The van der Waals surface area contributed by atoms with Gasteiger partial charge < -0.3 is 15.2 Å². The summed E-state index contributed by atoms with van der Waals surface area (Å²) >= 11 is 0. The van der Waals surface area contributed by atoms with E-state index >= 15 is 0 Å². The maximum absolute atomic E-state index is 9.55. The first kappa shape index (κ1) is 13.1. The van der Waals surface area contributed by atoms with Crippen LogP contribution in [0.2, 0.25) is 0 Å². The summed E-state index contributed by atoms with van der Waals surface area (Å²) in [6.45, 7) is 4.35. The summed E-state index contributed by atoms with van der Waals surface area (Å²) in [6.07, 6.45) is 2.29. The highest BCUT2D eigenvalue weighted by Gasteiger charge is 2.03. The van der Waals surface area contributed by atoms with Crippen LogP contribution in [0.15, 0.2) is 24.4 Å². The molecule has 0 spiro atoms. The van der Waals surface area contributed by atoms with E-state index in [1.165, 1.54) is 0 Å². The number of hydrogen-bond donors (Lipinski definition) is 2. The Morgan fingerprint density at radius 1 is 1.50 bits per heavy atom. The number of aliphatic hydroxyl groups is 1. The third-order valence-electron chi connectivity index (χ3n) is 2.07. The standard InChI is InChI=1S/C12H20N2O2/c1-2-7-16-10-12(15)9-13-8-11-5-3-4-6-14-11/h3-6,12-13,15H,2,7-10H2,1H3. The number of nitrogens with one attached hydrogen (secondary N) is 1. The van der Waals surface area contributed by atoms with Gasteiger partial charge in [0.2, 0.25) is 0 Å². The van der Waals surface area contributed by atoms with Crippen molar-refractivity contribution in [1.29, 1.82) is 0 Å². The highest BCUT2D eigenvalue weighted by atomic mass is 16.5. The van der Waals surface area contributed by atoms with E-state index in [0.717, 1.165) is 12.1 Å². The molecule has 4 heteroatoms. The maximum atomic E-state index is 9.55. The minimum absolute atomic E-state index is 0.392. The van der Waals surface area contributed by atoms with Crippen LogP contribution in [0.3, 0.4) is 0 Å². The monoisotopic (exact) mass is 224 g/mol. The molecule has 1 aromatic rings. The van der Waals surface area contributed by atoms with Crippen LogP contribution in [0, 0.1) is 0 Å². The molecule has 1 aromatic heterocycles. The number of aliphatic hydroxyl groups excluding tert-OH is 1. The van der Waals surface area contributed by atoms with E-state index in [2.05, 4.69) is 10.3 Å². The minimum Gasteiger partial charge on any atom is -0.389 e. The minimum atomic E-state index is -0.449. The van der Waals surface area contributed by atoms with Gasteiger partial charge >= 0.3 is 0 Å². The summed E-state index contributed by atoms with van der Waals surface area (Å²) in [5.74, 6) is 0. The molecular weight excluding hydrogens is 204 g/mol.